The van der Waals surface area contributed by atoms with E-state index in [4.69, 9.17) is 9.15 Å². The van der Waals surface area contributed by atoms with Gasteiger partial charge in [0.15, 0.2) is 6.61 Å². The van der Waals surface area contributed by atoms with Gasteiger partial charge < -0.3 is 24.3 Å². The number of rotatable bonds is 7. The topological polar surface area (TPSA) is 92.1 Å². The first-order chi connectivity index (χ1) is 16.4. The number of nitrogens with zero attached hydrogens (tertiary/aromatic N) is 2. The van der Waals surface area contributed by atoms with Crippen molar-refractivity contribution in [1.29, 1.82) is 0 Å². The maximum Gasteiger partial charge on any atom is 0.260 e. The van der Waals surface area contributed by atoms with E-state index in [1.54, 1.807) is 18.2 Å². The molecule has 4 rings (SSSR count). The van der Waals surface area contributed by atoms with E-state index >= 15 is 0 Å². The van der Waals surface area contributed by atoms with Gasteiger partial charge in [0, 0.05) is 32.3 Å². The van der Waals surface area contributed by atoms with E-state index in [9.17, 15) is 14.4 Å². The Labute approximate surface area is 199 Å². The highest BCUT2D eigenvalue weighted by Gasteiger charge is 2.42. The van der Waals surface area contributed by atoms with Crippen molar-refractivity contribution in [3.63, 3.8) is 0 Å². The van der Waals surface area contributed by atoms with Crippen LogP contribution in [0.25, 0.3) is 6.08 Å². The van der Waals surface area contributed by atoms with E-state index < -0.39 is 0 Å². The first kappa shape index (κ1) is 23.6. The molecule has 0 atom stereocenters. The van der Waals surface area contributed by atoms with Gasteiger partial charge in [-0.3, -0.25) is 14.4 Å². The van der Waals surface area contributed by atoms with E-state index in [-0.39, 0.29) is 36.3 Å². The highest BCUT2D eigenvalue weighted by atomic mass is 16.5. The summed E-state index contributed by atoms with van der Waals surface area (Å²) in [6.45, 7) is 4.67. The van der Waals surface area contributed by atoms with Crippen molar-refractivity contribution in [2.45, 2.75) is 26.2 Å². The molecule has 0 aliphatic carbocycles. The molecule has 1 N–H and O–H groups in total. The average Bonchev–Trinajstić information content (AvgIpc) is 3.51. The van der Waals surface area contributed by atoms with Crippen LogP contribution in [0.2, 0.25) is 0 Å². The SMILES string of the molecule is Cc1ccccc1OCC(=O)N1CCC2(CC1)CCN(C(=O)CNC(=O)C=Cc1ccco1)C2. The smallest absolute Gasteiger partial charge is 0.260 e. The minimum atomic E-state index is -0.335. The first-order valence-corrected chi connectivity index (χ1v) is 11.7. The van der Waals surface area contributed by atoms with Crippen LogP contribution in [0, 0.1) is 12.3 Å². The number of piperidine rings is 1. The molecule has 8 heteroatoms. The van der Waals surface area contributed by atoms with Crippen LogP contribution in [0.5, 0.6) is 5.75 Å². The van der Waals surface area contributed by atoms with Crippen LogP contribution in [0.15, 0.2) is 53.2 Å². The van der Waals surface area contributed by atoms with Gasteiger partial charge in [-0.1, -0.05) is 18.2 Å². The van der Waals surface area contributed by atoms with Gasteiger partial charge in [0.25, 0.3) is 5.91 Å². The zero-order valence-electron chi connectivity index (χ0n) is 19.5. The number of likely N-dealkylation sites (tertiary alicyclic amines) is 2. The summed E-state index contributed by atoms with van der Waals surface area (Å²) in [5.74, 6) is 0.891. The van der Waals surface area contributed by atoms with Gasteiger partial charge in [-0.15, -0.1) is 0 Å². The summed E-state index contributed by atoms with van der Waals surface area (Å²) < 4.78 is 10.9. The normalized spacial score (nSPS) is 17.3. The fourth-order valence-corrected chi connectivity index (χ4v) is 4.61. The molecular formula is C26H31N3O5. The second-order valence-electron chi connectivity index (χ2n) is 9.07. The summed E-state index contributed by atoms with van der Waals surface area (Å²) >= 11 is 0. The molecule has 1 aromatic heterocycles. The highest BCUT2D eigenvalue weighted by Crippen LogP contribution is 2.40. The Hall–Kier alpha value is -3.55. The maximum absolute atomic E-state index is 12.6. The Bertz CT molecular complexity index is 1040. The van der Waals surface area contributed by atoms with Crippen LogP contribution in [-0.2, 0) is 14.4 Å². The van der Waals surface area contributed by atoms with Gasteiger partial charge in [0.1, 0.15) is 11.5 Å². The Morgan fingerprint density at radius 3 is 2.47 bits per heavy atom. The van der Waals surface area contributed by atoms with E-state index in [1.165, 1.54) is 12.3 Å². The lowest BCUT2D eigenvalue weighted by atomic mass is 9.78. The maximum atomic E-state index is 12.6. The predicted octanol–water partition coefficient (Wildman–Crippen LogP) is 2.64. The molecule has 2 fully saturated rings. The van der Waals surface area contributed by atoms with Crippen LogP contribution in [-0.4, -0.2) is 66.9 Å². The standard InChI is InChI=1S/C26H31N3O5/c1-20-5-2-3-7-22(20)34-18-25(32)28-13-10-26(11-14-28)12-15-29(19-26)24(31)17-27-23(30)9-8-21-6-4-16-33-21/h2-9,16H,10-15,17-19H2,1H3,(H,27,30). The minimum absolute atomic E-state index is 0.00523. The van der Waals surface area contributed by atoms with E-state index in [2.05, 4.69) is 5.32 Å². The summed E-state index contributed by atoms with van der Waals surface area (Å²) in [5, 5.41) is 2.64. The predicted molar refractivity (Wildman–Crippen MR) is 127 cm³/mol. The molecular weight excluding hydrogens is 434 g/mol. The number of hydrogen-bond donors (Lipinski definition) is 1. The molecule has 34 heavy (non-hydrogen) atoms. The van der Waals surface area contributed by atoms with Crippen LogP contribution in [0.1, 0.15) is 30.6 Å². The summed E-state index contributed by atoms with van der Waals surface area (Å²) in [6.07, 6.45) is 7.10. The van der Waals surface area contributed by atoms with Crippen molar-refractivity contribution >= 4 is 23.8 Å². The number of ether oxygens (including phenoxy) is 1. The fourth-order valence-electron chi connectivity index (χ4n) is 4.61. The van der Waals surface area contributed by atoms with Gasteiger partial charge in [0.2, 0.25) is 11.8 Å². The summed E-state index contributed by atoms with van der Waals surface area (Å²) in [5.41, 5.74) is 1.06. The summed E-state index contributed by atoms with van der Waals surface area (Å²) in [6, 6.07) is 11.2. The molecule has 3 heterocycles. The molecule has 1 aromatic carbocycles. The molecule has 0 bridgehead atoms. The van der Waals surface area contributed by atoms with Crippen LogP contribution in [0.4, 0.5) is 0 Å². The molecule has 0 saturated carbocycles. The van der Waals surface area contributed by atoms with Crippen molar-refractivity contribution < 1.29 is 23.5 Å². The second kappa shape index (κ2) is 10.6. The number of para-hydroxylation sites is 1. The molecule has 0 radical (unpaired) electrons. The third kappa shape index (κ3) is 5.87. The number of carbonyl (C=O) groups excluding carboxylic acids is 3. The molecule has 1 spiro atoms. The monoisotopic (exact) mass is 465 g/mol. The summed E-state index contributed by atoms with van der Waals surface area (Å²) in [4.78, 5) is 40.9. The largest absolute Gasteiger partial charge is 0.484 e. The number of furan rings is 1. The van der Waals surface area contributed by atoms with Gasteiger partial charge in [-0.25, -0.2) is 0 Å². The van der Waals surface area contributed by atoms with Crippen molar-refractivity contribution in [2.75, 3.05) is 39.3 Å². The highest BCUT2D eigenvalue weighted by molar-refractivity contribution is 5.94. The number of amides is 3. The van der Waals surface area contributed by atoms with Crippen molar-refractivity contribution in [1.82, 2.24) is 15.1 Å². The summed E-state index contributed by atoms with van der Waals surface area (Å²) in [7, 11) is 0. The van der Waals surface area contributed by atoms with Crippen molar-refractivity contribution in [3.8, 4) is 5.75 Å². The number of benzene rings is 1. The van der Waals surface area contributed by atoms with Crippen LogP contribution in [0.3, 0.4) is 0 Å². The number of aryl methyl sites for hydroxylation is 1. The molecule has 3 amide bonds. The Kier molecular flexibility index (Phi) is 7.35. The molecule has 8 nitrogen and oxygen atoms in total. The Morgan fingerprint density at radius 1 is 1.03 bits per heavy atom. The molecule has 180 valence electrons. The Balaban J connectivity index is 1.19. The quantitative estimate of drug-likeness (QED) is 0.635. The van der Waals surface area contributed by atoms with Crippen LogP contribution >= 0.6 is 0 Å². The lowest BCUT2D eigenvalue weighted by Gasteiger charge is -2.39. The second-order valence-corrected chi connectivity index (χ2v) is 9.07. The molecule has 2 aromatic rings. The third-order valence-corrected chi connectivity index (χ3v) is 6.77. The molecule has 2 saturated heterocycles. The van der Waals surface area contributed by atoms with E-state index in [0.29, 0.717) is 31.9 Å². The van der Waals surface area contributed by atoms with Gasteiger partial charge in [-0.2, -0.15) is 0 Å². The number of carbonyl (C=O) groups is 3. The minimum Gasteiger partial charge on any atom is -0.484 e. The van der Waals surface area contributed by atoms with Crippen LogP contribution < -0.4 is 10.1 Å². The lowest BCUT2D eigenvalue weighted by molar-refractivity contribution is -0.136. The zero-order chi connectivity index (χ0) is 24.0. The van der Waals surface area contributed by atoms with Gasteiger partial charge in [-0.05, 0) is 61.4 Å². The number of hydrogen-bond acceptors (Lipinski definition) is 5. The zero-order valence-corrected chi connectivity index (χ0v) is 19.5. The molecule has 2 aliphatic heterocycles. The Morgan fingerprint density at radius 2 is 1.76 bits per heavy atom. The van der Waals surface area contributed by atoms with E-state index in [1.807, 2.05) is 41.0 Å². The molecule has 0 unspecified atom stereocenters. The van der Waals surface area contributed by atoms with E-state index in [0.717, 1.165) is 30.6 Å². The lowest BCUT2D eigenvalue weighted by Crippen LogP contribution is -2.46. The third-order valence-electron chi connectivity index (χ3n) is 6.77. The van der Waals surface area contributed by atoms with Crippen molar-refractivity contribution in [2.24, 2.45) is 5.41 Å². The van der Waals surface area contributed by atoms with Crippen molar-refractivity contribution in [3.05, 3.63) is 60.1 Å². The van der Waals surface area contributed by atoms with Gasteiger partial charge in [0.05, 0.1) is 12.8 Å². The molecule has 2 aliphatic rings. The average molecular weight is 466 g/mol. The van der Waals surface area contributed by atoms with Gasteiger partial charge >= 0.3 is 0 Å². The first-order valence-electron chi connectivity index (χ1n) is 11.7. The fraction of sp³-hybridized carbons (Fsp3) is 0.423. The number of nitrogens with one attached hydrogen (secondary N) is 1.